The molecule has 0 aliphatic heterocycles. The largest absolute Gasteiger partial charge is 0.390 e. The molecule has 0 aliphatic rings. The molecule has 108 valence electrons. The lowest BCUT2D eigenvalue weighted by molar-refractivity contribution is 0.277. The molecule has 0 bridgehead atoms. The van der Waals surface area contributed by atoms with Crippen molar-refractivity contribution in [2.45, 2.75) is 11.5 Å². The first-order valence-corrected chi connectivity index (χ1v) is 7.49. The van der Waals surface area contributed by atoms with Gasteiger partial charge in [0.05, 0.1) is 12.3 Å². The van der Waals surface area contributed by atoms with E-state index in [9.17, 15) is 8.42 Å². The minimum absolute atomic E-state index is 0.0943. The number of aliphatic hydroxyl groups excluding tert-OH is 1. The van der Waals surface area contributed by atoms with Gasteiger partial charge in [0.2, 0.25) is 0 Å². The summed E-state index contributed by atoms with van der Waals surface area (Å²) in [4.78, 5) is 4.68. The maximum Gasteiger partial charge on any atom is 0.263 e. The molecule has 0 atom stereocenters. The van der Waals surface area contributed by atoms with E-state index in [1.807, 2.05) is 25.1 Å². The van der Waals surface area contributed by atoms with Crippen molar-refractivity contribution in [3.63, 3.8) is 0 Å². The maximum atomic E-state index is 12.2. The van der Waals surface area contributed by atoms with Crippen LogP contribution in [0.25, 0.3) is 0 Å². The van der Waals surface area contributed by atoms with Crippen LogP contribution in [0, 0.1) is 0 Å². The van der Waals surface area contributed by atoms with Gasteiger partial charge in [-0.15, -0.1) is 0 Å². The molecule has 0 fully saturated rings. The van der Waals surface area contributed by atoms with Crippen LogP contribution < -0.4 is 9.62 Å². The highest BCUT2D eigenvalue weighted by molar-refractivity contribution is 7.92. The highest BCUT2D eigenvalue weighted by Crippen LogP contribution is 2.21. The number of benzene rings is 1. The monoisotopic (exact) mass is 295 g/mol. The highest BCUT2D eigenvalue weighted by Gasteiger charge is 2.16. The van der Waals surface area contributed by atoms with E-state index in [2.05, 4.69) is 9.71 Å². The first-order valence-electron chi connectivity index (χ1n) is 6.01. The number of aromatic amines is 1. The first kappa shape index (κ1) is 14.4. The topological polar surface area (TPSA) is 85.4 Å². The van der Waals surface area contributed by atoms with E-state index in [0.717, 1.165) is 5.69 Å². The molecule has 7 heteroatoms. The summed E-state index contributed by atoms with van der Waals surface area (Å²) in [6, 6.07) is 8.50. The Balaban J connectivity index is 2.26. The third-order valence-electron chi connectivity index (χ3n) is 2.81. The van der Waals surface area contributed by atoms with E-state index in [0.29, 0.717) is 11.4 Å². The molecule has 0 amide bonds. The zero-order chi connectivity index (χ0) is 14.8. The number of anilines is 2. The number of nitrogens with zero attached hydrogens (tertiary/aromatic N) is 1. The van der Waals surface area contributed by atoms with Crippen molar-refractivity contribution in [1.82, 2.24) is 4.98 Å². The van der Waals surface area contributed by atoms with Crippen LogP contribution in [0.2, 0.25) is 0 Å². The molecule has 0 spiro atoms. The molecule has 1 heterocycles. The minimum Gasteiger partial charge on any atom is -0.390 e. The third kappa shape index (κ3) is 3.12. The van der Waals surface area contributed by atoms with Crippen molar-refractivity contribution in [2.24, 2.45) is 0 Å². The summed E-state index contributed by atoms with van der Waals surface area (Å²) in [5.74, 6) is 0. The lowest BCUT2D eigenvalue weighted by atomic mass is 10.3. The van der Waals surface area contributed by atoms with Gasteiger partial charge >= 0.3 is 0 Å². The van der Waals surface area contributed by atoms with Crippen molar-refractivity contribution in [3.05, 3.63) is 42.2 Å². The van der Waals surface area contributed by atoms with Gasteiger partial charge in [0.25, 0.3) is 10.0 Å². The zero-order valence-corrected chi connectivity index (χ0v) is 12.1. The lowest BCUT2D eigenvalue weighted by Crippen LogP contribution is -2.13. The van der Waals surface area contributed by atoms with E-state index in [-0.39, 0.29) is 11.5 Å². The Morgan fingerprint density at radius 1 is 1.30 bits per heavy atom. The van der Waals surface area contributed by atoms with Crippen LogP contribution >= 0.6 is 0 Å². The molecular formula is C13H17N3O3S. The van der Waals surface area contributed by atoms with E-state index in [1.165, 1.54) is 12.3 Å². The van der Waals surface area contributed by atoms with Gasteiger partial charge in [0.15, 0.2) is 0 Å². The average Bonchev–Trinajstić information content (AvgIpc) is 2.88. The first-order chi connectivity index (χ1) is 9.42. The van der Waals surface area contributed by atoms with Gasteiger partial charge in [-0.05, 0) is 24.3 Å². The summed E-state index contributed by atoms with van der Waals surface area (Å²) in [6.45, 7) is -0.231. The molecule has 20 heavy (non-hydrogen) atoms. The van der Waals surface area contributed by atoms with Gasteiger partial charge in [-0.2, -0.15) is 0 Å². The molecule has 0 radical (unpaired) electrons. The highest BCUT2D eigenvalue weighted by atomic mass is 32.2. The molecule has 0 unspecified atom stereocenters. The summed E-state index contributed by atoms with van der Waals surface area (Å²) in [6.07, 6.45) is 1.35. The molecule has 1 aromatic heterocycles. The van der Waals surface area contributed by atoms with Crippen molar-refractivity contribution >= 4 is 21.4 Å². The van der Waals surface area contributed by atoms with Gasteiger partial charge in [-0.3, -0.25) is 4.72 Å². The second kappa shape index (κ2) is 5.56. The molecule has 0 aliphatic carbocycles. The van der Waals surface area contributed by atoms with E-state index in [4.69, 9.17) is 5.11 Å². The molecule has 0 saturated heterocycles. The summed E-state index contributed by atoms with van der Waals surface area (Å²) in [5.41, 5.74) is 1.84. The number of hydrogen-bond donors (Lipinski definition) is 3. The second-order valence-electron chi connectivity index (χ2n) is 4.57. The van der Waals surface area contributed by atoms with Crippen LogP contribution in [-0.2, 0) is 16.6 Å². The fraction of sp³-hybridized carbons (Fsp3) is 0.231. The van der Waals surface area contributed by atoms with Crippen LogP contribution in [0.4, 0.5) is 11.4 Å². The summed E-state index contributed by atoms with van der Waals surface area (Å²) >= 11 is 0. The number of hydrogen-bond acceptors (Lipinski definition) is 4. The number of nitrogens with one attached hydrogen (secondary N) is 2. The molecule has 2 rings (SSSR count). The normalized spacial score (nSPS) is 11.3. The van der Waals surface area contributed by atoms with Gasteiger partial charge in [0.1, 0.15) is 4.90 Å². The van der Waals surface area contributed by atoms with Crippen LogP contribution in [-0.4, -0.2) is 32.6 Å². The Bertz CT molecular complexity index is 692. The zero-order valence-electron chi connectivity index (χ0n) is 11.3. The molecule has 2 aromatic rings. The Labute approximate surface area is 118 Å². The number of sulfonamides is 1. The van der Waals surface area contributed by atoms with Crippen LogP contribution in [0.5, 0.6) is 0 Å². The van der Waals surface area contributed by atoms with Crippen molar-refractivity contribution < 1.29 is 13.5 Å². The van der Waals surface area contributed by atoms with Crippen molar-refractivity contribution in [2.75, 3.05) is 23.7 Å². The fourth-order valence-electron chi connectivity index (χ4n) is 1.73. The summed E-state index contributed by atoms with van der Waals surface area (Å²) in [7, 11) is 0.109. The van der Waals surface area contributed by atoms with E-state index < -0.39 is 10.0 Å². The van der Waals surface area contributed by atoms with Crippen molar-refractivity contribution in [3.8, 4) is 0 Å². The maximum absolute atomic E-state index is 12.2. The molecule has 1 aromatic carbocycles. The molecular weight excluding hydrogens is 278 g/mol. The number of rotatable bonds is 5. The Morgan fingerprint density at radius 2 is 2.05 bits per heavy atom. The molecule has 0 saturated carbocycles. The fourth-order valence-corrected chi connectivity index (χ4v) is 2.79. The van der Waals surface area contributed by atoms with Gasteiger partial charge in [-0.1, -0.05) is 6.07 Å². The number of H-pyrrole nitrogens is 1. The van der Waals surface area contributed by atoms with E-state index in [1.54, 1.807) is 18.2 Å². The Kier molecular flexibility index (Phi) is 4.01. The van der Waals surface area contributed by atoms with Crippen LogP contribution in [0.3, 0.4) is 0 Å². The number of aromatic nitrogens is 1. The Morgan fingerprint density at radius 3 is 2.65 bits per heavy atom. The molecule has 3 N–H and O–H groups in total. The summed E-state index contributed by atoms with van der Waals surface area (Å²) in [5, 5.41) is 8.95. The molecule has 6 nitrogen and oxygen atoms in total. The van der Waals surface area contributed by atoms with Crippen LogP contribution in [0.1, 0.15) is 5.69 Å². The number of aliphatic hydroxyl groups is 1. The third-order valence-corrected chi connectivity index (χ3v) is 4.17. The van der Waals surface area contributed by atoms with E-state index >= 15 is 0 Å². The Hall–Kier alpha value is -1.99. The average molecular weight is 295 g/mol. The van der Waals surface area contributed by atoms with Gasteiger partial charge in [-0.25, -0.2) is 8.42 Å². The predicted octanol–water partition coefficient (Wildman–Crippen LogP) is 1.37. The standard InChI is InChI=1S/C13H17N3O3S/c1-16(2)12-5-3-4-10(6-12)15-20(18,19)13-7-11(9-17)14-8-13/h3-8,14-15,17H,9H2,1-2H3. The van der Waals surface area contributed by atoms with Gasteiger partial charge in [0, 0.05) is 31.7 Å². The second-order valence-corrected chi connectivity index (χ2v) is 6.25. The minimum atomic E-state index is -3.66. The summed E-state index contributed by atoms with van der Waals surface area (Å²) < 4.78 is 26.9. The quantitative estimate of drug-likeness (QED) is 0.778. The van der Waals surface area contributed by atoms with Crippen LogP contribution in [0.15, 0.2) is 41.4 Å². The smallest absolute Gasteiger partial charge is 0.263 e. The van der Waals surface area contributed by atoms with Gasteiger partial charge < -0.3 is 15.0 Å². The predicted molar refractivity (Wildman–Crippen MR) is 78.3 cm³/mol. The van der Waals surface area contributed by atoms with Crippen molar-refractivity contribution in [1.29, 1.82) is 0 Å². The lowest BCUT2D eigenvalue weighted by Gasteiger charge is -2.14. The SMILES string of the molecule is CN(C)c1cccc(NS(=O)(=O)c2c[nH]c(CO)c2)c1.